The Bertz CT molecular complexity index is 490. The quantitative estimate of drug-likeness (QED) is 0.452. The maximum atomic E-state index is 11.8. The molecule has 4 N–H and O–H groups in total. The van der Waals surface area contributed by atoms with Crippen LogP contribution in [0, 0.1) is 0 Å². The maximum Gasteiger partial charge on any atom is 0.323 e. The van der Waals surface area contributed by atoms with Crippen LogP contribution in [0.3, 0.4) is 0 Å². The minimum atomic E-state index is -4.49. The summed E-state index contributed by atoms with van der Waals surface area (Å²) >= 11 is 0. The Morgan fingerprint density at radius 1 is 1.11 bits per heavy atom. The van der Waals surface area contributed by atoms with Gasteiger partial charge in [-0.3, -0.25) is 0 Å². The number of hydrogen-bond donors (Lipinski definition) is 4. The molecule has 2 aliphatic rings. The van der Waals surface area contributed by atoms with Crippen molar-refractivity contribution < 1.29 is 33.6 Å². The summed E-state index contributed by atoms with van der Waals surface area (Å²) in [4.78, 5) is -2.89. The van der Waals surface area contributed by atoms with Gasteiger partial charge in [0, 0.05) is 0 Å². The van der Waals surface area contributed by atoms with Crippen LogP contribution in [0.2, 0.25) is 0 Å². The summed E-state index contributed by atoms with van der Waals surface area (Å²) in [5.74, 6) is 0. The molecule has 0 unspecified atom stereocenters. The van der Waals surface area contributed by atoms with Gasteiger partial charge in [0.25, 0.3) is 4.93 Å². The van der Waals surface area contributed by atoms with Crippen LogP contribution in [0.4, 0.5) is 0 Å². The summed E-state index contributed by atoms with van der Waals surface area (Å²) in [6.07, 6.45) is -1.43. The Balaban J connectivity index is 2.71. The summed E-state index contributed by atoms with van der Waals surface area (Å²) in [7, 11) is -4.49. The highest BCUT2D eigenvalue weighted by Gasteiger charge is 2.98. The normalized spacial score (nSPS) is 58.1. The molecule has 106 valence electrons. The molecular weight excluding hydrogens is 264 g/mol. The van der Waals surface area contributed by atoms with Crippen LogP contribution >= 0.6 is 0 Å². The molecule has 2 saturated heterocycles. The third kappa shape index (κ3) is 0.960. The first kappa shape index (κ1) is 14.2. The number of sulfone groups is 1. The second-order valence-corrected chi connectivity index (χ2v) is 7.13. The van der Waals surface area contributed by atoms with Gasteiger partial charge in [-0.25, -0.2) is 8.42 Å². The SMILES string of the molecule is CC[C@]1(O)[C@]2(O)[C@@](O)(O[C@@H](C)[C@@]1(O)CC)S2(=O)=O. The fraction of sp³-hybridized carbons (Fsp3) is 1.00. The van der Waals surface area contributed by atoms with Gasteiger partial charge < -0.3 is 25.2 Å². The van der Waals surface area contributed by atoms with Crippen molar-refractivity contribution in [2.75, 3.05) is 0 Å². The molecule has 0 amide bonds. The number of fused-ring (bicyclic) bond motifs is 1. The molecule has 18 heavy (non-hydrogen) atoms. The Kier molecular flexibility index (Phi) is 2.56. The number of hydrogen-bond acceptors (Lipinski definition) is 7. The molecule has 2 rings (SSSR count). The molecule has 2 fully saturated rings. The third-order valence-electron chi connectivity index (χ3n) is 4.48. The lowest BCUT2D eigenvalue weighted by Gasteiger charge is -2.51. The van der Waals surface area contributed by atoms with E-state index in [0.717, 1.165) is 0 Å². The van der Waals surface area contributed by atoms with Gasteiger partial charge in [-0.2, -0.15) is 0 Å². The first-order valence-electron chi connectivity index (χ1n) is 5.81. The average Bonchev–Trinajstić information content (AvgIpc) is 2.66. The summed E-state index contributed by atoms with van der Waals surface area (Å²) in [6, 6.07) is 0. The van der Waals surface area contributed by atoms with Gasteiger partial charge in [0.2, 0.25) is 9.84 Å². The molecule has 0 radical (unpaired) electrons. The topological polar surface area (TPSA) is 124 Å². The van der Waals surface area contributed by atoms with E-state index in [1.165, 1.54) is 20.8 Å². The van der Waals surface area contributed by atoms with Crippen molar-refractivity contribution in [2.24, 2.45) is 0 Å². The standard InChI is InChI=1S/C10H18O7S/c1-4-7(11)6(3)17-10(14)9(13,18(10,15)16)8(7,12)5-2/h6,11-14H,4-5H2,1-3H3/t6-,7-,8+,9+,10+/m0/s1. The Hall–Kier alpha value is -0.250. The zero-order chi connectivity index (χ0) is 14.2. The molecule has 2 aliphatic heterocycles. The maximum absolute atomic E-state index is 11.8. The van der Waals surface area contributed by atoms with Crippen LogP contribution in [-0.4, -0.2) is 56.2 Å². The van der Waals surface area contributed by atoms with Crippen LogP contribution in [0.25, 0.3) is 0 Å². The number of ether oxygens (including phenoxy) is 1. The number of aliphatic hydroxyl groups is 4. The Morgan fingerprint density at radius 3 is 2.00 bits per heavy atom. The highest BCUT2D eigenvalue weighted by molar-refractivity contribution is 8.01. The van der Waals surface area contributed by atoms with Gasteiger partial charge in [-0.05, 0) is 19.8 Å². The summed E-state index contributed by atoms with van der Waals surface area (Å²) in [5.41, 5.74) is -4.35. The van der Waals surface area contributed by atoms with E-state index in [0.29, 0.717) is 0 Å². The first-order chi connectivity index (χ1) is 8.00. The van der Waals surface area contributed by atoms with E-state index in [4.69, 9.17) is 4.74 Å². The molecule has 2 heterocycles. The van der Waals surface area contributed by atoms with Crippen molar-refractivity contribution in [3.63, 3.8) is 0 Å². The van der Waals surface area contributed by atoms with E-state index < -0.39 is 37.2 Å². The lowest BCUT2D eigenvalue weighted by Crippen LogP contribution is -2.73. The average molecular weight is 282 g/mol. The lowest BCUT2D eigenvalue weighted by molar-refractivity contribution is -0.351. The predicted molar refractivity (Wildman–Crippen MR) is 59.8 cm³/mol. The van der Waals surface area contributed by atoms with E-state index in [2.05, 4.69) is 0 Å². The summed E-state index contributed by atoms with van der Waals surface area (Å²) in [5, 5.41) is 38.2. The molecule has 0 aromatic carbocycles. The largest absolute Gasteiger partial charge is 0.384 e. The molecule has 0 saturated carbocycles. The third-order valence-corrected chi connectivity index (χ3v) is 6.78. The Labute approximate surface area is 105 Å². The van der Waals surface area contributed by atoms with Crippen molar-refractivity contribution in [3.8, 4) is 0 Å². The monoisotopic (exact) mass is 282 g/mol. The second-order valence-electron chi connectivity index (χ2n) is 4.98. The fourth-order valence-corrected chi connectivity index (χ4v) is 5.25. The van der Waals surface area contributed by atoms with Crippen LogP contribution in [0.15, 0.2) is 0 Å². The van der Waals surface area contributed by atoms with Gasteiger partial charge in [0.15, 0.2) is 0 Å². The molecule has 0 aromatic heterocycles. The van der Waals surface area contributed by atoms with Gasteiger partial charge in [0.1, 0.15) is 11.2 Å². The lowest BCUT2D eigenvalue weighted by atomic mass is 9.70. The fourth-order valence-electron chi connectivity index (χ4n) is 3.08. The van der Waals surface area contributed by atoms with Crippen molar-refractivity contribution in [3.05, 3.63) is 0 Å². The molecule has 0 bridgehead atoms. The van der Waals surface area contributed by atoms with E-state index in [-0.39, 0.29) is 12.8 Å². The van der Waals surface area contributed by atoms with E-state index in [1.807, 2.05) is 0 Å². The zero-order valence-corrected chi connectivity index (χ0v) is 11.2. The van der Waals surface area contributed by atoms with Crippen LogP contribution < -0.4 is 0 Å². The molecule has 8 heteroatoms. The zero-order valence-electron chi connectivity index (χ0n) is 10.4. The van der Waals surface area contributed by atoms with E-state index >= 15 is 0 Å². The molecule has 0 aromatic rings. The second kappa shape index (κ2) is 3.25. The first-order valence-corrected chi connectivity index (χ1v) is 7.30. The highest BCUT2D eigenvalue weighted by Crippen LogP contribution is 2.67. The van der Waals surface area contributed by atoms with Gasteiger partial charge in [-0.15, -0.1) is 0 Å². The van der Waals surface area contributed by atoms with E-state index in [9.17, 15) is 28.8 Å². The van der Waals surface area contributed by atoms with Crippen molar-refractivity contribution >= 4 is 9.84 Å². The van der Waals surface area contributed by atoms with Crippen molar-refractivity contribution in [1.82, 2.24) is 0 Å². The molecule has 7 nitrogen and oxygen atoms in total. The van der Waals surface area contributed by atoms with Crippen LogP contribution in [0.5, 0.6) is 0 Å². The molecule has 0 aliphatic carbocycles. The molecule has 5 atom stereocenters. The van der Waals surface area contributed by atoms with Gasteiger partial charge in [0.05, 0.1) is 6.10 Å². The van der Waals surface area contributed by atoms with Crippen LogP contribution in [0.1, 0.15) is 33.6 Å². The Morgan fingerprint density at radius 2 is 1.61 bits per heavy atom. The summed E-state index contributed by atoms with van der Waals surface area (Å²) < 4.78 is 28.4. The molecular formula is C10H18O7S. The highest BCUT2D eigenvalue weighted by atomic mass is 32.2. The van der Waals surface area contributed by atoms with Crippen molar-refractivity contribution in [2.45, 2.75) is 61.0 Å². The number of rotatable bonds is 2. The predicted octanol–water partition coefficient (Wildman–Crippen LogP) is -1.55. The van der Waals surface area contributed by atoms with Crippen LogP contribution in [-0.2, 0) is 14.6 Å². The summed E-state index contributed by atoms with van der Waals surface area (Å²) in [6.45, 7) is 4.30. The minimum absolute atomic E-state index is 0.0353. The van der Waals surface area contributed by atoms with Crippen molar-refractivity contribution in [1.29, 1.82) is 0 Å². The minimum Gasteiger partial charge on any atom is -0.384 e. The van der Waals surface area contributed by atoms with Gasteiger partial charge >= 0.3 is 5.12 Å². The smallest absolute Gasteiger partial charge is 0.323 e. The van der Waals surface area contributed by atoms with E-state index in [1.54, 1.807) is 0 Å². The molecule has 0 spiro atoms. The van der Waals surface area contributed by atoms with Gasteiger partial charge in [-0.1, -0.05) is 13.8 Å².